The number of ether oxygens (including phenoxy) is 2. The summed E-state index contributed by atoms with van der Waals surface area (Å²) in [5.41, 5.74) is 8.58. The lowest BCUT2D eigenvalue weighted by molar-refractivity contribution is 0.295. The van der Waals surface area contributed by atoms with Crippen LogP contribution >= 0.6 is 15.9 Å². The predicted molar refractivity (Wildman–Crippen MR) is 80.6 cm³/mol. The molecule has 0 spiro atoms. The van der Waals surface area contributed by atoms with E-state index in [0.717, 1.165) is 21.5 Å². The third-order valence-corrected chi connectivity index (χ3v) is 3.39. The highest BCUT2D eigenvalue weighted by molar-refractivity contribution is 9.10. The molecular weight excluding hydrogens is 306 g/mol. The lowest BCUT2D eigenvalue weighted by Gasteiger charge is -2.12. The molecule has 0 amide bonds. The Hall–Kier alpha value is -1.68. The van der Waals surface area contributed by atoms with Gasteiger partial charge in [-0.2, -0.15) is 0 Å². The van der Waals surface area contributed by atoms with Crippen LogP contribution in [0, 0.1) is 6.92 Å². The monoisotopic (exact) mass is 321 g/mol. The first-order valence-electron chi connectivity index (χ1n) is 5.91. The predicted octanol–water partition coefficient (Wildman–Crippen LogP) is 3.93. The van der Waals surface area contributed by atoms with Crippen molar-refractivity contribution in [3.8, 4) is 11.5 Å². The van der Waals surface area contributed by atoms with Gasteiger partial charge < -0.3 is 15.2 Å². The second-order valence-electron chi connectivity index (χ2n) is 4.29. The minimum Gasteiger partial charge on any atom is -0.496 e. The maximum absolute atomic E-state index is 5.79. The van der Waals surface area contributed by atoms with Gasteiger partial charge in [0, 0.05) is 11.3 Å². The van der Waals surface area contributed by atoms with E-state index >= 15 is 0 Å². The van der Waals surface area contributed by atoms with E-state index in [0.29, 0.717) is 12.3 Å². The molecule has 2 rings (SSSR count). The van der Waals surface area contributed by atoms with Crippen LogP contribution in [0.1, 0.15) is 11.1 Å². The molecule has 0 aliphatic heterocycles. The van der Waals surface area contributed by atoms with Crippen molar-refractivity contribution in [2.24, 2.45) is 0 Å². The zero-order chi connectivity index (χ0) is 13.8. The Labute approximate surface area is 121 Å². The van der Waals surface area contributed by atoms with Crippen molar-refractivity contribution in [1.29, 1.82) is 0 Å². The molecule has 2 N–H and O–H groups in total. The van der Waals surface area contributed by atoms with E-state index in [1.807, 2.05) is 43.3 Å². The Kier molecular flexibility index (Phi) is 4.32. The van der Waals surface area contributed by atoms with Gasteiger partial charge in [-0.15, -0.1) is 0 Å². The van der Waals surface area contributed by atoms with E-state index in [9.17, 15) is 0 Å². The van der Waals surface area contributed by atoms with Gasteiger partial charge in [-0.05, 0) is 58.7 Å². The summed E-state index contributed by atoms with van der Waals surface area (Å²) in [6.45, 7) is 2.45. The molecule has 0 aliphatic rings. The molecule has 0 heterocycles. The highest BCUT2D eigenvalue weighted by Gasteiger charge is 2.06. The second-order valence-corrected chi connectivity index (χ2v) is 5.15. The van der Waals surface area contributed by atoms with Gasteiger partial charge in [0.05, 0.1) is 11.6 Å². The van der Waals surface area contributed by atoms with Gasteiger partial charge in [0.25, 0.3) is 0 Å². The number of halogens is 1. The molecule has 0 bridgehead atoms. The van der Waals surface area contributed by atoms with Gasteiger partial charge >= 0.3 is 0 Å². The molecule has 0 aromatic heterocycles. The molecule has 4 heteroatoms. The summed E-state index contributed by atoms with van der Waals surface area (Å²) in [6, 6.07) is 11.5. The van der Waals surface area contributed by atoms with Crippen molar-refractivity contribution in [2.45, 2.75) is 13.5 Å². The fourth-order valence-corrected chi connectivity index (χ4v) is 2.40. The third kappa shape index (κ3) is 3.41. The number of nitrogen functional groups attached to an aromatic ring is 1. The Bertz CT molecular complexity index is 584. The summed E-state index contributed by atoms with van der Waals surface area (Å²) in [5, 5.41) is 0. The summed E-state index contributed by atoms with van der Waals surface area (Å²) in [7, 11) is 1.64. The van der Waals surface area contributed by atoms with E-state index < -0.39 is 0 Å². The maximum Gasteiger partial charge on any atom is 0.134 e. The van der Waals surface area contributed by atoms with Crippen molar-refractivity contribution < 1.29 is 9.47 Å². The summed E-state index contributed by atoms with van der Waals surface area (Å²) in [4.78, 5) is 0. The largest absolute Gasteiger partial charge is 0.496 e. The van der Waals surface area contributed by atoms with Gasteiger partial charge in [-0.25, -0.2) is 0 Å². The first-order chi connectivity index (χ1) is 9.10. The number of anilines is 1. The minimum atomic E-state index is 0.413. The fraction of sp³-hybridized carbons (Fsp3) is 0.200. The van der Waals surface area contributed by atoms with Crippen LogP contribution < -0.4 is 15.2 Å². The quantitative estimate of drug-likeness (QED) is 0.868. The Morgan fingerprint density at radius 3 is 2.53 bits per heavy atom. The molecule has 3 nitrogen and oxygen atoms in total. The van der Waals surface area contributed by atoms with Crippen molar-refractivity contribution in [2.75, 3.05) is 12.8 Å². The number of aryl methyl sites for hydroxylation is 1. The number of methoxy groups -OCH3 is 1. The molecule has 0 saturated heterocycles. The molecular formula is C15H16BrNO2. The van der Waals surface area contributed by atoms with Crippen LogP contribution in [-0.2, 0) is 6.61 Å². The number of hydrogen-bond donors (Lipinski definition) is 1. The van der Waals surface area contributed by atoms with Crippen LogP contribution in [0.25, 0.3) is 0 Å². The molecule has 100 valence electrons. The van der Waals surface area contributed by atoms with Gasteiger partial charge in [-0.1, -0.05) is 6.07 Å². The van der Waals surface area contributed by atoms with Gasteiger partial charge in [0.1, 0.15) is 18.1 Å². The summed E-state index contributed by atoms with van der Waals surface area (Å²) < 4.78 is 12.0. The Morgan fingerprint density at radius 2 is 1.84 bits per heavy atom. The zero-order valence-electron chi connectivity index (χ0n) is 10.9. The lowest BCUT2D eigenvalue weighted by atomic mass is 10.2. The highest BCUT2D eigenvalue weighted by atomic mass is 79.9. The molecule has 2 aromatic rings. The second kappa shape index (κ2) is 5.97. The molecule has 19 heavy (non-hydrogen) atoms. The standard InChI is InChI=1S/C15H16BrNO2/c1-10-3-5-15(13(16)7-10)19-9-11-8-12(17)4-6-14(11)18-2/h3-8H,9,17H2,1-2H3. The van der Waals surface area contributed by atoms with E-state index in [1.165, 1.54) is 5.56 Å². The Balaban J connectivity index is 2.16. The number of rotatable bonds is 4. The molecule has 0 aliphatic carbocycles. The van der Waals surface area contributed by atoms with Gasteiger partial charge in [-0.3, -0.25) is 0 Å². The van der Waals surface area contributed by atoms with Crippen LogP contribution in [0.5, 0.6) is 11.5 Å². The Morgan fingerprint density at radius 1 is 1.11 bits per heavy atom. The van der Waals surface area contributed by atoms with Crippen LogP contribution in [0.2, 0.25) is 0 Å². The average Bonchev–Trinajstić information content (AvgIpc) is 2.38. The third-order valence-electron chi connectivity index (χ3n) is 2.78. The lowest BCUT2D eigenvalue weighted by Crippen LogP contribution is -2.00. The molecule has 2 aromatic carbocycles. The summed E-state index contributed by atoms with van der Waals surface area (Å²) in [6.07, 6.45) is 0. The molecule has 0 radical (unpaired) electrons. The SMILES string of the molecule is COc1ccc(N)cc1COc1ccc(C)cc1Br. The van der Waals surface area contributed by atoms with E-state index in [2.05, 4.69) is 15.9 Å². The number of hydrogen-bond acceptors (Lipinski definition) is 3. The molecule has 0 fully saturated rings. The summed E-state index contributed by atoms with van der Waals surface area (Å²) in [5.74, 6) is 1.58. The van der Waals surface area contributed by atoms with Crippen molar-refractivity contribution >= 4 is 21.6 Å². The number of nitrogens with two attached hydrogens (primary N) is 1. The van der Waals surface area contributed by atoms with Crippen LogP contribution in [-0.4, -0.2) is 7.11 Å². The van der Waals surface area contributed by atoms with Gasteiger partial charge in [0.15, 0.2) is 0 Å². The average molecular weight is 322 g/mol. The van der Waals surface area contributed by atoms with Gasteiger partial charge in [0.2, 0.25) is 0 Å². The first kappa shape index (κ1) is 13.7. The van der Waals surface area contributed by atoms with Crippen molar-refractivity contribution in [3.63, 3.8) is 0 Å². The van der Waals surface area contributed by atoms with Crippen LogP contribution in [0.15, 0.2) is 40.9 Å². The molecule has 0 saturated carbocycles. The van der Waals surface area contributed by atoms with E-state index in [-0.39, 0.29) is 0 Å². The normalized spacial score (nSPS) is 10.3. The van der Waals surface area contributed by atoms with E-state index in [4.69, 9.17) is 15.2 Å². The molecule has 0 unspecified atom stereocenters. The molecule has 0 atom stereocenters. The topological polar surface area (TPSA) is 44.5 Å². The maximum atomic E-state index is 5.79. The van der Waals surface area contributed by atoms with Crippen LogP contribution in [0.4, 0.5) is 5.69 Å². The highest BCUT2D eigenvalue weighted by Crippen LogP contribution is 2.28. The zero-order valence-corrected chi connectivity index (χ0v) is 12.5. The summed E-state index contributed by atoms with van der Waals surface area (Å²) >= 11 is 3.49. The first-order valence-corrected chi connectivity index (χ1v) is 6.71. The van der Waals surface area contributed by atoms with Crippen LogP contribution in [0.3, 0.4) is 0 Å². The van der Waals surface area contributed by atoms with Crippen molar-refractivity contribution in [1.82, 2.24) is 0 Å². The van der Waals surface area contributed by atoms with Crippen molar-refractivity contribution in [3.05, 3.63) is 52.0 Å². The van der Waals surface area contributed by atoms with E-state index in [1.54, 1.807) is 7.11 Å². The number of benzene rings is 2. The minimum absolute atomic E-state index is 0.413. The fourth-order valence-electron chi connectivity index (χ4n) is 1.79. The smallest absolute Gasteiger partial charge is 0.134 e.